The number of nitrogens with zero attached hydrogens (tertiary/aromatic N) is 2. The summed E-state index contributed by atoms with van der Waals surface area (Å²) in [5.41, 5.74) is 1.98. The highest BCUT2D eigenvalue weighted by atomic mass is 79.9. The topological polar surface area (TPSA) is 79.0 Å². The maximum Gasteiger partial charge on any atom is 0.274 e. The highest BCUT2D eigenvalue weighted by Gasteiger charge is 2.14. The first-order valence-corrected chi connectivity index (χ1v) is 7.34. The number of halogens is 1. The average molecular weight is 352 g/mol. The molecule has 102 valence electrons. The summed E-state index contributed by atoms with van der Waals surface area (Å²) in [4.78, 5) is 11.5. The van der Waals surface area contributed by atoms with Gasteiger partial charge in [0.2, 0.25) is 0 Å². The Labute approximate surface area is 128 Å². The Morgan fingerprint density at radius 2 is 2.25 bits per heavy atom. The highest BCUT2D eigenvalue weighted by molar-refractivity contribution is 9.10. The van der Waals surface area contributed by atoms with Crippen LogP contribution in [0.3, 0.4) is 0 Å². The van der Waals surface area contributed by atoms with E-state index in [0.717, 1.165) is 9.35 Å². The minimum Gasteiger partial charge on any atom is -0.379 e. The molecule has 2 rings (SSSR count). The van der Waals surface area contributed by atoms with Crippen molar-refractivity contribution in [2.75, 3.05) is 5.32 Å². The molecule has 0 atom stereocenters. The second kappa shape index (κ2) is 6.03. The third-order valence-electron chi connectivity index (χ3n) is 2.72. The molecule has 0 radical (unpaired) electrons. The number of nitrogens with one attached hydrogen (secondary N) is 1. The number of nitriles is 1. The van der Waals surface area contributed by atoms with E-state index in [0.29, 0.717) is 23.4 Å². The second-order valence-electron chi connectivity index (χ2n) is 4.14. The van der Waals surface area contributed by atoms with Crippen molar-refractivity contribution in [2.24, 2.45) is 0 Å². The smallest absolute Gasteiger partial charge is 0.274 e. The summed E-state index contributed by atoms with van der Waals surface area (Å²) in [6.07, 6.45) is 0. The fourth-order valence-corrected chi connectivity index (χ4v) is 3.06. The van der Waals surface area contributed by atoms with Crippen LogP contribution in [-0.4, -0.2) is 4.92 Å². The fraction of sp³-hybridized carbons (Fsp3) is 0.154. The third-order valence-corrected chi connectivity index (χ3v) is 4.31. The number of thiophene rings is 1. The van der Waals surface area contributed by atoms with Gasteiger partial charge in [-0.2, -0.15) is 5.26 Å². The molecule has 7 heteroatoms. The maximum atomic E-state index is 10.9. The van der Waals surface area contributed by atoms with E-state index in [1.807, 2.05) is 0 Å². The van der Waals surface area contributed by atoms with Crippen molar-refractivity contribution >= 4 is 38.6 Å². The van der Waals surface area contributed by atoms with Crippen LogP contribution < -0.4 is 5.32 Å². The lowest BCUT2D eigenvalue weighted by molar-refractivity contribution is -0.385. The summed E-state index contributed by atoms with van der Waals surface area (Å²) in [6.45, 7) is 2.22. The summed E-state index contributed by atoms with van der Waals surface area (Å²) in [7, 11) is 0. The van der Waals surface area contributed by atoms with Crippen LogP contribution in [-0.2, 0) is 6.54 Å². The minimum absolute atomic E-state index is 0.0830. The number of aryl methyl sites for hydroxylation is 1. The van der Waals surface area contributed by atoms with Gasteiger partial charge in [-0.3, -0.25) is 10.1 Å². The summed E-state index contributed by atoms with van der Waals surface area (Å²) < 4.78 is 0.776. The SMILES string of the molecule is Cc1cc(Br)c(NCc2cc(C#N)cs2)cc1[N+](=O)[O-]. The Balaban J connectivity index is 2.19. The number of hydrogen-bond acceptors (Lipinski definition) is 5. The first-order chi connectivity index (χ1) is 9.51. The van der Waals surface area contributed by atoms with Crippen LogP contribution in [0.15, 0.2) is 28.1 Å². The molecule has 0 aliphatic carbocycles. The van der Waals surface area contributed by atoms with Crippen molar-refractivity contribution in [1.82, 2.24) is 0 Å². The van der Waals surface area contributed by atoms with E-state index in [9.17, 15) is 10.1 Å². The van der Waals surface area contributed by atoms with E-state index in [2.05, 4.69) is 27.3 Å². The van der Waals surface area contributed by atoms with Gasteiger partial charge in [-0.1, -0.05) is 0 Å². The van der Waals surface area contributed by atoms with Crippen LogP contribution in [0.1, 0.15) is 16.0 Å². The van der Waals surface area contributed by atoms with Crippen molar-refractivity contribution in [3.63, 3.8) is 0 Å². The summed E-state index contributed by atoms with van der Waals surface area (Å²) in [6, 6.07) is 7.10. The van der Waals surface area contributed by atoms with Crippen LogP contribution in [0.25, 0.3) is 0 Å². The van der Waals surface area contributed by atoms with Crippen molar-refractivity contribution in [3.8, 4) is 6.07 Å². The van der Waals surface area contributed by atoms with Crippen LogP contribution in [0.4, 0.5) is 11.4 Å². The molecule has 1 aromatic carbocycles. The second-order valence-corrected chi connectivity index (χ2v) is 5.99. The quantitative estimate of drug-likeness (QED) is 0.660. The van der Waals surface area contributed by atoms with Gasteiger partial charge < -0.3 is 5.32 Å². The zero-order chi connectivity index (χ0) is 14.7. The highest BCUT2D eigenvalue weighted by Crippen LogP contribution is 2.31. The van der Waals surface area contributed by atoms with Crippen molar-refractivity contribution < 1.29 is 4.92 Å². The van der Waals surface area contributed by atoms with Crippen LogP contribution in [0.2, 0.25) is 0 Å². The van der Waals surface area contributed by atoms with Gasteiger partial charge in [0.15, 0.2) is 0 Å². The van der Waals surface area contributed by atoms with Gasteiger partial charge in [0, 0.05) is 32.9 Å². The average Bonchev–Trinajstić information content (AvgIpc) is 2.85. The molecule has 1 heterocycles. The molecule has 0 amide bonds. The minimum atomic E-state index is -0.397. The van der Waals surface area contributed by atoms with E-state index in [4.69, 9.17) is 5.26 Å². The molecular weight excluding hydrogens is 342 g/mol. The number of hydrogen-bond donors (Lipinski definition) is 1. The van der Waals surface area contributed by atoms with E-state index in [1.165, 1.54) is 17.4 Å². The first kappa shape index (κ1) is 14.5. The van der Waals surface area contributed by atoms with Crippen molar-refractivity contribution in [1.29, 1.82) is 5.26 Å². The Hall–Kier alpha value is -1.91. The van der Waals surface area contributed by atoms with Crippen molar-refractivity contribution in [3.05, 3.63) is 54.2 Å². The zero-order valence-corrected chi connectivity index (χ0v) is 12.9. The molecule has 2 aromatic rings. The van der Waals surface area contributed by atoms with Crippen molar-refractivity contribution in [2.45, 2.75) is 13.5 Å². The normalized spacial score (nSPS) is 10.1. The molecule has 0 aliphatic heterocycles. The zero-order valence-electron chi connectivity index (χ0n) is 10.5. The molecule has 5 nitrogen and oxygen atoms in total. The summed E-state index contributed by atoms with van der Waals surface area (Å²) >= 11 is 4.87. The molecule has 0 saturated carbocycles. The van der Waals surface area contributed by atoms with Gasteiger partial charge in [0.25, 0.3) is 5.69 Å². The van der Waals surface area contributed by atoms with Gasteiger partial charge >= 0.3 is 0 Å². The molecule has 0 spiro atoms. The summed E-state index contributed by atoms with van der Waals surface area (Å²) in [5, 5.41) is 24.6. The Kier molecular flexibility index (Phi) is 4.37. The molecule has 0 unspecified atom stereocenters. The number of anilines is 1. The van der Waals surface area contributed by atoms with Gasteiger partial charge in [-0.25, -0.2) is 0 Å². The molecular formula is C13H10BrN3O2S. The maximum absolute atomic E-state index is 10.9. The molecule has 0 saturated heterocycles. The third kappa shape index (κ3) is 3.15. The van der Waals surface area contributed by atoms with E-state index in [1.54, 1.807) is 24.4 Å². The van der Waals surface area contributed by atoms with Gasteiger partial charge in [-0.15, -0.1) is 11.3 Å². The van der Waals surface area contributed by atoms with Crippen LogP contribution in [0, 0.1) is 28.4 Å². The molecule has 0 bridgehead atoms. The molecule has 0 aliphatic rings. The number of benzene rings is 1. The molecule has 1 aromatic heterocycles. The lowest BCUT2D eigenvalue weighted by Gasteiger charge is -2.08. The van der Waals surface area contributed by atoms with Gasteiger partial charge in [-0.05, 0) is 35.0 Å². The Morgan fingerprint density at radius 1 is 1.50 bits per heavy atom. The predicted molar refractivity (Wildman–Crippen MR) is 81.9 cm³/mol. The molecule has 1 N–H and O–H groups in total. The summed E-state index contributed by atoms with van der Waals surface area (Å²) in [5.74, 6) is 0. The van der Waals surface area contributed by atoms with Gasteiger partial charge in [0.05, 0.1) is 16.2 Å². The number of nitro groups is 1. The van der Waals surface area contributed by atoms with E-state index >= 15 is 0 Å². The molecule has 20 heavy (non-hydrogen) atoms. The monoisotopic (exact) mass is 351 g/mol. The van der Waals surface area contributed by atoms with E-state index < -0.39 is 4.92 Å². The number of rotatable bonds is 4. The molecule has 0 fully saturated rings. The van der Waals surface area contributed by atoms with Crippen LogP contribution >= 0.6 is 27.3 Å². The van der Waals surface area contributed by atoms with Gasteiger partial charge in [0.1, 0.15) is 6.07 Å². The lowest BCUT2D eigenvalue weighted by Crippen LogP contribution is -2.00. The largest absolute Gasteiger partial charge is 0.379 e. The van der Waals surface area contributed by atoms with E-state index in [-0.39, 0.29) is 5.69 Å². The lowest BCUT2D eigenvalue weighted by atomic mass is 10.2. The number of nitro benzene ring substituents is 1. The standard InChI is InChI=1S/C13H10BrN3O2S/c1-8-2-11(14)12(4-13(8)17(18)19)16-6-10-3-9(5-15)7-20-10/h2-4,7,16H,6H2,1H3. The Morgan fingerprint density at radius 3 is 2.85 bits per heavy atom. The Bertz CT molecular complexity index is 706. The predicted octanol–water partition coefficient (Wildman–Crippen LogP) is 4.21. The van der Waals surface area contributed by atoms with Crippen LogP contribution in [0.5, 0.6) is 0 Å². The first-order valence-electron chi connectivity index (χ1n) is 5.67. The fourth-order valence-electron chi connectivity index (χ4n) is 1.71.